The normalized spacial score (nSPS) is 12.0. The highest BCUT2D eigenvalue weighted by atomic mass is 35.5. The fraction of sp³-hybridized carbons (Fsp3) is 0.278. The molecular formula is C18H18ClNO. The molecule has 3 rings (SSSR count). The minimum absolute atomic E-state index is 0.115. The van der Waals surface area contributed by atoms with Gasteiger partial charge in [-0.25, -0.2) is 4.98 Å². The van der Waals surface area contributed by atoms with Gasteiger partial charge in [0.2, 0.25) is 0 Å². The standard InChI is InChI=1S/C18H18ClNO/c1-18(2,3)13-6-9-16-15(11-13)20-17(21-16)10-12-4-7-14(19)8-5-12/h4-9,11H,10H2,1-3H3. The van der Waals surface area contributed by atoms with Gasteiger partial charge < -0.3 is 4.42 Å². The molecule has 0 unspecified atom stereocenters. The second-order valence-corrected chi connectivity index (χ2v) is 6.78. The van der Waals surface area contributed by atoms with E-state index >= 15 is 0 Å². The van der Waals surface area contributed by atoms with E-state index in [0.717, 1.165) is 27.6 Å². The predicted octanol–water partition coefficient (Wildman–Crippen LogP) is 5.37. The Bertz CT molecular complexity index is 766. The molecule has 0 amide bonds. The molecule has 3 aromatic rings. The lowest BCUT2D eigenvalue weighted by Crippen LogP contribution is -2.10. The van der Waals surface area contributed by atoms with Crippen molar-refractivity contribution in [3.8, 4) is 0 Å². The van der Waals surface area contributed by atoms with Crippen molar-refractivity contribution in [1.29, 1.82) is 0 Å². The van der Waals surface area contributed by atoms with Crippen LogP contribution in [0.15, 0.2) is 46.9 Å². The predicted molar refractivity (Wildman–Crippen MR) is 87.0 cm³/mol. The van der Waals surface area contributed by atoms with Crippen molar-refractivity contribution in [2.24, 2.45) is 0 Å². The van der Waals surface area contributed by atoms with Crippen LogP contribution in [-0.4, -0.2) is 4.98 Å². The second kappa shape index (κ2) is 5.19. The average molecular weight is 300 g/mol. The van der Waals surface area contributed by atoms with Crippen LogP contribution in [0.25, 0.3) is 11.1 Å². The van der Waals surface area contributed by atoms with Gasteiger partial charge in [0.1, 0.15) is 5.52 Å². The van der Waals surface area contributed by atoms with E-state index in [1.807, 2.05) is 30.3 Å². The number of halogens is 1. The van der Waals surface area contributed by atoms with Gasteiger partial charge in [0.25, 0.3) is 0 Å². The Labute approximate surface area is 129 Å². The van der Waals surface area contributed by atoms with E-state index in [4.69, 9.17) is 16.0 Å². The van der Waals surface area contributed by atoms with E-state index in [1.54, 1.807) is 0 Å². The van der Waals surface area contributed by atoms with Crippen LogP contribution in [0.3, 0.4) is 0 Å². The van der Waals surface area contributed by atoms with Gasteiger partial charge in [-0.3, -0.25) is 0 Å². The van der Waals surface area contributed by atoms with E-state index in [-0.39, 0.29) is 5.41 Å². The molecule has 0 spiro atoms. The lowest BCUT2D eigenvalue weighted by molar-refractivity contribution is 0.543. The first-order valence-corrected chi connectivity index (χ1v) is 7.44. The number of fused-ring (bicyclic) bond motifs is 1. The average Bonchev–Trinajstić information content (AvgIpc) is 2.81. The quantitative estimate of drug-likeness (QED) is 0.636. The van der Waals surface area contributed by atoms with Crippen LogP contribution in [0.1, 0.15) is 37.8 Å². The molecule has 2 aromatic carbocycles. The molecule has 0 radical (unpaired) electrons. The van der Waals surface area contributed by atoms with Crippen molar-refractivity contribution in [3.05, 3.63) is 64.5 Å². The van der Waals surface area contributed by atoms with Gasteiger partial charge >= 0.3 is 0 Å². The SMILES string of the molecule is CC(C)(C)c1ccc2oc(Cc3ccc(Cl)cc3)nc2c1. The van der Waals surface area contributed by atoms with Crippen molar-refractivity contribution < 1.29 is 4.42 Å². The molecule has 0 fully saturated rings. The summed E-state index contributed by atoms with van der Waals surface area (Å²) in [5.74, 6) is 0.735. The van der Waals surface area contributed by atoms with Crippen molar-refractivity contribution in [2.45, 2.75) is 32.6 Å². The third-order valence-corrected chi connectivity index (χ3v) is 3.82. The topological polar surface area (TPSA) is 26.0 Å². The Kier molecular flexibility index (Phi) is 3.50. The third-order valence-electron chi connectivity index (χ3n) is 3.57. The van der Waals surface area contributed by atoms with E-state index < -0.39 is 0 Å². The Balaban J connectivity index is 1.92. The summed E-state index contributed by atoms with van der Waals surface area (Å²) in [6.07, 6.45) is 0.677. The van der Waals surface area contributed by atoms with Gasteiger partial charge in [-0.15, -0.1) is 0 Å². The van der Waals surface area contributed by atoms with Crippen molar-refractivity contribution in [3.63, 3.8) is 0 Å². The number of aromatic nitrogens is 1. The highest BCUT2D eigenvalue weighted by molar-refractivity contribution is 6.30. The Morgan fingerprint density at radius 2 is 1.76 bits per heavy atom. The lowest BCUT2D eigenvalue weighted by atomic mass is 9.87. The van der Waals surface area contributed by atoms with Crippen LogP contribution in [0, 0.1) is 0 Å². The zero-order chi connectivity index (χ0) is 15.0. The molecule has 0 saturated heterocycles. The zero-order valence-electron chi connectivity index (χ0n) is 12.5. The fourth-order valence-corrected chi connectivity index (χ4v) is 2.42. The number of benzene rings is 2. The molecule has 1 heterocycles. The molecule has 0 saturated carbocycles. The van der Waals surface area contributed by atoms with Crippen molar-refractivity contribution >= 4 is 22.7 Å². The van der Waals surface area contributed by atoms with Crippen molar-refractivity contribution in [2.75, 3.05) is 0 Å². The second-order valence-electron chi connectivity index (χ2n) is 6.34. The highest BCUT2D eigenvalue weighted by Gasteiger charge is 2.15. The van der Waals surface area contributed by atoms with E-state index in [1.165, 1.54) is 5.56 Å². The van der Waals surface area contributed by atoms with Gasteiger partial charge in [0, 0.05) is 11.4 Å². The summed E-state index contributed by atoms with van der Waals surface area (Å²) in [5.41, 5.74) is 4.28. The van der Waals surface area contributed by atoms with Crippen LogP contribution in [0.4, 0.5) is 0 Å². The van der Waals surface area contributed by atoms with Crippen LogP contribution in [0.2, 0.25) is 5.02 Å². The van der Waals surface area contributed by atoms with Gasteiger partial charge in [0.05, 0.1) is 0 Å². The van der Waals surface area contributed by atoms with Gasteiger partial charge in [-0.2, -0.15) is 0 Å². The van der Waals surface area contributed by atoms with Gasteiger partial charge in [-0.1, -0.05) is 50.6 Å². The maximum atomic E-state index is 5.90. The molecule has 1 aromatic heterocycles. The summed E-state index contributed by atoms with van der Waals surface area (Å²) in [6, 6.07) is 14.0. The maximum absolute atomic E-state index is 5.90. The summed E-state index contributed by atoms with van der Waals surface area (Å²) in [6.45, 7) is 6.59. The lowest BCUT2D eigenvalue weighted by Gasteiger charge is -2.18. The molecular weight excluding hydrogens is 282 g/mol. The molecule has 3 heteroatoms. The molecule has 21 heavy (non-hydrogen) atoms. The Morgan fingerprint density at radius 1 is 1.05 bits per heavy atom. The summed E-state index contributed by atoms with van der Waals surface area (Å²) in [5, 5.41) is 0.742. The van der Waals surface area contributed by atoms with E-state index in [2.05, 4.69) is 37.9 Å². The smallest absolute Gasteiger partial charge is 0.199 e. The number of oxazole rings is 1. The van der Waals surface area contributed by atoms with Crippen LogP contribution < -0.4 is 0 Å². The number of rotatable bonds is 2. The minimum Gasteiger partial charge on any atom is -0.440 e. The molecule has 0 N–H and O–H groups in total. The number of hydrogen-bond acceptors (Lipinski definition) is 2. The van der Waals surface area contributed by atoms with Crippen molar-refractivity contribution in [1.82, 2.24) is 4.98 Å². The van der Waals surface area contributed by atoms with Crippen LogP contribution in [-0.2, 0) is 11.8 Å². The first-order chi connectivity index (χ1) is 9.91. The number of hydrogen-bond donors (Lipinski definition) is 0. The Hall–Kier alpha value is -1.80. The van der Waals surface area contributed by atoms with E-state index in [0.29, 0.717) is 6.42 Å². The monoisotopic (exact) mass is 299 g/mol. The van der Waals surface area contributed by atoms with Crippen LogP contribution >= 0.6 is 11.6 Å². The number of nitrogens with zero attached hydrogens (tertiary/aromatic N) is 1. The fourth-order valence-electron chi connectivity index (χ4n) is 2.29. The molecule has 0 aliphatic rings. The molecule has 0 bridgehead atoms. The first-order valence-electron chi connectivity index (χ1n) is 7.06. The van der Waals surface area contributed by atoms with E-state index in [9.17, 15) is 0 Å². The first kappa shape index (κ1) is 14.2. The summed E-state index contributed by atoms with van der Waals surface area (Å²) >= 11 is 5.90. The summed E-state index contributed by atoms with van der Waals surface area (Å²) < 4.78 is 5.83. The largest absolute Gasteiger partial charge is 0.440 e. The third kappa shape index (κ3) is 3.11. The molecule has 108 valence electrons. The molecule has 0 atom stereocenters. The van der Waals surface area contributed by atoms with Gasteiger partial charge in [-0.05, 0) is 40.8 Å². The van der Waals surface area contributed by atoms with Crippen LogP contribution in [0.5, 0.6) is 0 Å². The maximum Gasteiger partial charge on any atom is 0.199 e. The Morgan fingerprint density at radius 3 is 2.43 bits per heavy atom. The minimum atomic E-state index is 0.115. The molecule has 2 nitrogen and oxygen atoms in total. The highest BCUT2D eigenvalue weighted by Crippen LogP contribution is 2.26. The molecule has 0 aliphatic heterocycles. The molecule has 0 aliphatic carbocycles. The summed E-state index contributed by atoms with van der Waals surface area (Å²) in [4.78, 5) is 4.60. The summed E-state index contributed by atoms with van der Waals surface area (Å²) in [7, 11) is 0. The van der Waals surface area contributed by atoms with Gasteiger partial charge in [0.15, 0.2) is 11.5 Å². The zero-order valence-corrected chi connectivity index (χ0v) is 13.2.